The minimum atomic E-state index is -0.147. The van der Waals surface area contributed by atoms with Crippen LogP contribution < -0.4 is 10.1 Å². The number of fused-ring (bicyclic) bond motifs is 1. The van der Waals surface area contributed by atoms with E-state index in [0.29, 0.717) is 10.6 Å². The lowest BCUT2D eigenvalue weighted by molar-refractivity contribution is 0.0693. The number of nitrogens with zero attached hydrogens (tertiary/aromatic N) is 2. The molecule has 3 aromatic carbocycles. The second kappa shape index (κ2) is 10.2. The molecule has 33 heavy (non-hydrogen) atoms. The zero-order valence-electron chi connectivity index (χ0n) is 18.3. The van der Waals surface area contributed by atoms with E-state index in [1.54, 1.807) is 6.07 Å². The van der Waals surface area contributed by atoms with Crippen LogP contribution in [-0.4, -0.2) is 37.1 Å². The number of nitriles is 1. The molecular formula is C27H26ClN3OS. The Morgan fingerprint density at radius 3 is 2.55 bits per heavy atom. The Bertz CT molecular complexity index is 1140. The van der Waals surface area contributed by atoms with Crippen molar-refractivity contribution in [3.63, 3.8) is 0 Å². The number of halogens is 1. The molecule has 2 atom stereocenters. The van der Waals surface area contributed by atoms with E-state index in [1.165, 1.54) is 10.5 Å². The maximum absolute atomic E-state index is 9.69. The van der Waals surface area contributed by atoms with Gasteiger partial charge in [-0.25, -0.2) is 0 Å². The minimum absolute atomic E-state index is 0.147. The maximum atomic E-state index is 9.69. The van der Waals surface area contributed by atoms with E-state index in [1.807, 2.05) is 23.9 Å². The highest BCUT2D eigenvalue weighted by molar-refractivity contribution is 7.98. The third-order valence-electron chi connectivity index (χ3n) is 6.39. The normalized spacial score (nSPS) is 20.2. The summed E-state index contributed by atoms with van der Waals surface area (Å²) in [6.45, 7) is 3.89. The summed E-state index contributed by atoms with van der Waals surface area (Å²) in [6, 6.07) is 25.1. The van der Waals surface area contributed by atoms with Crippen molar-refractivity contribution in [3.05, 3.63) is 94.0 Å². The van der Waals surface area contributed by atoms with Crippen molar-refractivity contribution in [2.45, 2.75) is 29.2 Å². The van der Waals surface area contributed by atoms with Crippen molar-refractivity contribution in [1.82, 2.24) is 10.2 Å². The molecule has 0 unspecified atom stereocenters. The lowest BCUT2D eigenvalue weighted by Gasteiger charge is -2.36. The van der Waals surface area contributed by atoms with E-state index in [9.17, 15) is 5.26 Å². The predicted molar refractivity (Wildman–Crippen MR) is 134 cm³/mol. The first kappa shape index (κ1) is 22.3. The van der Waals surface area contributed by atoms with E-state index < -0.39 is 0 Å². The largest absolute Gasteiger partial charge is 0.484 e. The SMILES string of the molecule is N#Cc1cc(Cl)cc2c1C[C@H](N1CCNCC1)[C@H]2Oc1ccc(SCc2ccccc2)cc1. The van der Waals surface area contributed by atoms with Gasteiger partial charge in [0.1, 0.15) is 11.9 Å². The molecule has 1 saturated heterocycles. The monoisotopic (exact) mass is 475 g/mol. The van der Waals surface area contributed by atoms with Gasteiger partial charge in [0.25, 0.3) is 0 Å². The molecule has 2 aliphatic rings. The fraction of sp³-hybridized carbons (Fsp3) is 0.296. The number of piperazine rings is 1. The van der Waals surface area contributed by atoms with E-state index in [2.05, 4.69) is 64.8 Å². The van der Waals surface area contributed by atoms with Gasteiger partial charge >= 0.3 is 0 Å². The molecule has 0 bridgehead atoms. The van der Waals surface area contributed by atoms with Crippen LogP contribution in [0.4, 0.5) is 0 Å². The first-order chi connectivity index (χ1) is 16.2. The van der Waals surface area contributed by atoms with Crippen LogP contribution in [0.3, 0.4) is 0 Å². The lowest BCUT2D eigenvalue weighted by Crippen LogP contribution is -2.50. The number of hydrogen-bond acceptors (Lipinski definition) is 5. The van der Waals surface area contributed by atoms with Gasteiger partial charge in [-0.1, -0.05) is 41.9 Å². The Labute approximate surface area is 204 Å². The van der Waals surface area contributed by atoms with Crippen molar-refractivity contribution in [2.24, 2.45) is 0 Å². The summed E-state index contributed by atoms with van der Waals surface area (Å²) in [5.41, 5.74) is 4.10. The van der Waals surface area contributed by atoms with Gasteiger partial charge < -0.3 is 10.1 Å². The van der Waals surface area contributed by atoms with Gasteiger partial charge in [0.15, 0.2) is 0 Å². The first-order valence-electron chi connectivity index (χ1n) is 11.3. The molecule has 5 rings (SSSR count). The fourth-order valence-electron chi connectivity index (χ4n) is 4.74. The summed E-state index contributed by atoms with van der Waals surface area (Å²) in [5, 5.41) is 13.7. The highest BCUT2D eigenvalue weighted by atomic mass is 35.5. The Hall–Kier alpha value is -2.49. The van der Waals surface area contributed by atoms with Gasteiger partial charge in [0, 0.05) is 41.8 Å². The third kappa shape index (κ3) is 5.05. The first-order valence-corrected chi connectivity index (χ1v) is 12.7. The van der Waals surface area contributed by atoms with E-state index in [0.717, 1.165) is 55.2 Å². The van der Waals surface area contributed by atoms with Gasteiger partial charge in [0.05, 0.1) is 17.7 Å². The van der Waals surface area contributed by atoms with Crippen LogP contribution in [-0.2, 0) is 12.2 Å². The number of benzene rings is 3. The minimum Gasteiger partial charge on any atom is -0.484 e. The highest BCUT2D eigenvalue weighted by Gasteiger charge is 2.40. The summed E-state index contributed by atoms with van der Waals surface area (Å²) in [6.07, 6.45) is 0.664. The van der Waals surface area contributed by atoms with Gasteiger partial charge in [-0.05, 0) is 59.5 Å². The van der Waals surface area contributed by atoms with E-state index in [4.69, 9.17) is 16.3 Å². The van der Waals surface area contributed by atoms with Crippen LogP contribution in [0.1, 0.15) is 28.4 Å². The van der Waals surface area contributed by atoms with Crippen molar-refractivity contribution >= 4 is 23.4 Å². The molecular weight excluding hydrogens is 450 g/mol. The second-order valence-electron chi connectivity index (χ2n) is 8.47. The summed E-state index contributed by atoms with van der Waals surface area (Å²) in [5.74, 6) is 1.79. The summed E-state index contributed by atoms with van der Waals surface area (Å²) >= 11 is 8.20. The van der Waals surface area contributed by atoms with Crippen molar-refractivity contribution in [3.8, 4) is 11.8 Å². The Morgan fingerprint density at radius 1 is 1.06 bits per heavy atom. The second-order valence-corrected chi connectivity index (χ2v) is 9.96. The molecule has 1 heterocycles. The van der Waals surface area contributed by atoms with Gasteiger partial charge in [-0.3, -0.25) is 4.90 Å². The van der Waals surface area contributed by atoms with Crippen molar-refractivity contribution in [1.29, 1.82) is 5.26 Å². The standard InChI is InChI=1S/C27H26ClN3OS/c28-21-14-20(17-29)24-16-26(31-12-10-30-11-13-31)27(25(24)15-21)32-22-6-8-23(9-7-22)33-18-19-4-2-1-3-5-19/h1-9,14-15,26-27,30H,10-13,16,18H2/t26-,27-/m0/s1. The molecule has 0 saturated carbocycles. The molecule has 0 radical (unpaired) electrons. The topological polar surface area (TPSA) is 48.3 Å². The molecule has 6 heteroatoms. The van der Waals surface area contributed by atoms with Gasteiger partial charge in [0.2, 0.25) is 0 Å². The van der Waals surface area contributed by atoms with Crippen molar-refractivity contribution < 1.29 is 4.74 Å². The predicted octanol–water partition coefficient (Wildman–Crippen LogP) is 5.45. The summed E-state index contributed by atoms with van der Waals surface area (Å²) in [7, 11) is 0. The van der Waals surface area contributed by atoms with Crippen LogP contribution in [0.25, 0.3) is 0 Å². The zero-order chi connectivity index (χ0) is 22.6. The summed E-state index contributed by atoms with van der Waals surface area (Å²) in [4.78, 5) is 3.70. The maximum Gasteiger partial charge on any atom is 0.140 e. The number of thioether (sulfide) groups is 1. The third-order valence-corrected chi connectivity index (χ3v) is 7.70. The molecule has 168 valence electrons. The molecule has 0 aromatic heterocycles. The highest BCUT2D eigenvalue weighted by Crippen LogP contribution is 2.41. The molecule has 3 aromatic rings. The average Bonchev–Trinajstić information content (AvgIpc) is 3.22. The average molecular weight is 476 g/mol. The number of hydrogen-bond donors (Lipinski definition) is 1. The molecule has 0 amide bonds. The van der Waals surface area contributed by atoms with Crippen LogP contribution in [0.5, 0.6) is 5.75 Å². The van der Waals surface area contributed by atoms with Gasteiger partial charge in [-0.15, -0.1) is 11.8 Å². The lowest BCUT2D eigenvalue weighted by atomic mass is 10.0. The van der Waals surface area contributed by atoms with E-state index >= 15 is 0 Å². The molecule has 1 aliphatic carbocycles. The Balaban J connectivity index is 1.36. The molecule has 1 aliphatic heterocycles. The Morgan fingerprint density at radius 2 is 1.82 bits per heavy atom. The number of nitrogens with one attached hydrogen (secondary N) is 1. The van der Waals surface area contributed by atoms with Crippen LogP contribution in [0.2, 0.25) is 5.02 Å². The quantitative estimate of drug-likeness (QED) is 0.480. The summed E-state index contributed by atoms with van der Waals surface area (Å²) < 4.78 is 6.60. The van der Waals surface area contributed by atoms with Crippen LogP contribution in [0.15, 0.2) is 71.6 Å². The molecule has 0 spiro atoms. The van der Waals surface area contributed by atoms with E-state index in [-0.39, 0.29) is 12.1 Å². The molecule has 1 fully saturated rings. The van der Waals surface area contributed by atoms with Gasteiger partial charge in [-0.2, -0.15) is 5.26 Å². The van der Waals surface area contributed by atoms with Crippen LogP contribution >= 0.6 is 23.4 Å². The van der Waals surface area contributed by atoms with Crippen molar-refractivity contribution in [2.75, 3.05) is 26.2 Å². The Kier molecular flexibility index (Phi) is 6.89. The zero-order valence-corrected chi connectivity index (χ0v) is 19.9. The van der Waals surface area contributed by atoms with Crippen LogP contribution in [0, 0.1) is 11.3 Å². The number of ether oxygens (including phenoxy) is 1. The number of rotatable bonds is 6. The molecule has 4 nitrogen and oxygen atoms in total. The smallest absolute Gasteiger partial charge is 0.140 e. The molecule has 1 N–H and O–H groups in total. The fourth-order valence-corrected chi connectivity index (χ4v) is 5.82.